The van der Waals surface area contributed by atoms with Crippen LogP contribution in [-0.2, 0) is 10.8 Å². The fourth-order valence-corrected chi connectivity index (χ4v) is 4.82. The predicted molar refractivity (Wildman–Crippen MR) is 121 cm³/mol. The number of hydrogen-bond donors (Lipinski definition) is 2. The van der Waals surface area contributed by atoms with Gasteiger partial charge in [-0.2, -0.15) is 13.9 Å². The molecule has 3 heterocycles. The molecule has 2 N–H and O–H groups in total. The van der Waals surface area contributed by atoms with Gasteiger partial charge in [-0.05, 0) is 30.7 Å². The number of fused-ring (bicyclic) bond motifs is 1. The third-order valence-electron chi connectivity index (χ3n) is 5.86. The van der Waals surface area contributed by atoms with Crippen LogP contribution in [0.4, 0.5) is 14.5 Å². The molecule has 2 aromatic carbocycles. The Morgan fingerprint density at radius 2 is 2.06 bits per heavy atom. The second kappa shape index (κ2) is 8.14. The summed E-state index contributed by atoms with van der Waals surface area (Å²) >= 11 is 0. The average Bonchev–Trinajstić information content (AvgIpc) is 3.52. The number of hydrogen-bond acceptors (Lipinski definition) is 4. The summed E-state index contributed by atoms with van der Waals surface area (Å²) in [4.78, 5) is 6.28. The molecule has 1 aliphatic rings. The van der Waals surface area contributed by atoms with Crippen molar-refractivity contribution in [3.63, 3.8) is 0 Å². The molecule has 166 valence electrons. The molecule has 2 aromatic heterocycles. The number of rotatable bonds is 5. The lowest BCUT2D eigenvalue weighted by Gasteiger charge is -2.21. The Bertz CT molecular complexity index is 1320. The number of benzene rings is 2. The largest absolute Gasteiger partial charge is 0.391 e. The first-order valence-corrected chi connectivity index (χ1v) is 11.8. The van der Waals surface area contributed by atoms with Crippen LogP contribution in [0.1, 0.15) is 13.0 Å². The van der Waals surface area contributed by atoms with Gasteiger partial charge in [0.1, 0.15) is 0 Å². The van der Waals surface area contributed by atoms with Gasteiger partial charge in [0.2, 0.25) is 0 Å². The molecule has 6 nitrogen and oxygen atoms in total. The van der Waals surface area contributed by atoms with Gasteiger partial charge in [-0.15, -0.1) is 0 Å². The fourth-order valence-electron chi connectivity index (χ4n) is 4.27. The highest BCUT2D eigenvalue weighted by Crippen LogP contribution is 2.38. The number of aliphatic hydroxyl groups excluding tert-OH is 1. The number of aromatic nitrogens is 3. The number of H-pyrrole nitrogens is 1. The maximum atomic E-state index is 13.0. The van der Waals surface area contributed by atoms with Crippen molar-refractivity contribution in [3.05, 3.63) is 54.9 Å². The molecule has 0 radical (unpaired) electrons. The Hall–Kier alpha value is -3.04. The van der Waals surface area contributed by atoms with Gasteiger partial charge in [0.15, 0.2) is 0 Å². The summed E-state index contributed by atoms with van der Waals surface area (Å²) in [6.45, 7) is -1.42. The van der Waals surface area contributed by atoms with Crippen LogP contribution in [0, 0.1) is 0 Å². The number of anilines is 1. The van der Waals surface area contributed by atoms with Crippen LogP contribution in [0.3, 0.4) is 0 Å². The van der Waals surface area contributed by atoms with Gasteiger partial charge in [-0.3, -0.25) is 4.21 Å². The van der Waals surface area contributed by atoms with Gasteiger partial charge in [0, 0.05) is 74.7 Å². The Kier molecular flexibility index (Phi) is 5.30. The Morgan fingerprint density at radius 1 is 1.22 bits per heavy atom. The van der Waals surface area contributed by atoms with Crippen molar-refractivity contribution in [1.29, 1.82) is 0 Å². The molecule has 0 bridgehead atoms. The molecular formula is C23H22F2N4O2S. The maximum Gasteiger partial charge on any atom is 0.333 e. The third-order valence-corrected chi connectivity index (χ3v) is 6.78. The van der Waals surface area contributed by atoms with Crippen LogP contribution in [0.25, 0.3) is 33.3 Å². The zero-order valence-electron chi connectivity index (χ0n) is 17.3. The molecule has 0 amide bonds. The van der Waals surface area contributed by atoms with Crippen molar-refractivity contribution < 1.29 is 18.1 Å². The van der Waals surface area contributed by atoms with Gasteiger partial charge in [-0.1, -0.05) is 18.2 Å². The van der Waals surface area contributed by atoms with Crippen LogP contribution < -0.4 is 4.90 Å². The summed E-state index contributed by atoms with van der Waals surface area (Å²) < 4.78 is 38.8. The van der Waals surface area contributed by atoms with Crippen LogP contribution >= 0.6 is 0 Å². The molecule has 2 atom stereocenters. The molecule has 9 heteroatoms. The van der Waals surface area contributed by atoms with Gasteiger partial charge in [0.05, 0.1) is 17.8 Å². The molecule has 5 rings (SSSR count). The zero-order chi connectivity index (χ0) is 22.4. The summed E-state index contributed by atoms with van der Waals surface area (Å²) in [5.41, 5.74) is 4.85. The van der Waals surface area contributed by atoms with E-state index in [0.717, 1.165) is 40.0 Å². The molecule has 2 unspecified atom stereocenters. The Morgan fingerprint density at radius 3 is 2.75 bits per heavy atom. The van der Waals surface area contributed by atoms with Gasteiger partial charge < -0.3 is 15.0 Å². The number of para-hydroxylation sites is 1. The second-order valence-electron chi connectivity index (χ2n) is 7.96. The van der Waals surface area contributed by atoms with Gasteiger partial charge in [0.25, 0.3) is 0 Å². The minimum Gasteiger partial charge on any atom is -0.391 e. The molecular weight excluding hydrogens is 434 g/mol. The van der Waals surface area contributed by atoms with Crippen molar-refractivity contribution in [2.75, 3.05) is 24.2 Å². The summed E-state index contributed by atoms with van der Waals surface area (Å²) in [5, 5.41) is 14.7. The number of nitrogens with zero attached hydrogens (tertiary/aromatic N) is 3. The van der Waals surface area contributed by atoms with E-state index in [1.165, 1.54) is 12.4 Å². The Balaban J connectivity index is 1.64. The highest BCUT2D eigenvalue weighted by Gasteiger charge is 2.24. The van der Waals surface area contributed by atoms with Crippen molar-refractivity contribution >= 4 is 27.4 Å². The summed E-state index contributed by atoms with van der Waals surface area (Å²) in [6.07, 6.45) is 4.73. The minimum absolute atomic E-state index is 0.372. The maximum absolute atomic E-state index is 13.0. The zero-order valence-corrected chi connectivity index (χ0v) is 18.1. The molecule has 4 aromatic rings. The monoisotopic (exact) mass is 456 g/mol. The van der Waals surface area contributed by atoms with E-state index in [1.807, 2.05) is 42.5 Å². The summed E-state index contributed by atoms with van der Waals surface area (Å²) in [6, 6.07) is 13.4. The van der Waals surface area contributed by atoms with E-state index in [4.69, 9.17) is 0 Å². The minimum atomic E-state index is -2.70. The SMILES string of the molecule is CS(=O)c1ccc(N2CCC(O)C2)c(-c2cc3cccc(-c4cnn(C(F)F)c4)c3[nH]2)c1. The van der Waals surface area contributed by atoms with Crippen LogP contribution in [0.15, 0.2) is 59.8 Å². The number of β-amino-alcohol motifs (C(OH)–C–C–N with tert-alkyl or cyclic N) is 1. The lowest BCUT2D eigenvalue weighted by molar-refractivity contribution is 0.0566. The van der Waals surface area contributed by atoms with E-state index < -0.39 is 17.3 Å². The van der Waals surface area contributed by atoms with E-state index in [0.29, 0.717) is 28.1 Å². The molecule has 1 saturated heterocycles. The number of alkyl halides is 2. The molecule has 0 spiro atoms. The summed E-state index contributed by atoms with van der Waals surface area (Å²) in [7, 11) is -1.15. The average molecular weight is 457 g/mol. The standard InChI is InChI=1S/C23H22F2N4O2S/c1-32(31)17-5-6-21(28-8-7-16(30)13-28)19(10-17)20-9-14-3-2-4-18(22(14)27-20)15-11-26-29(12-15)23(24)25/h2-6,9-12,16,23,27,30H,7-8,13H2,1H3. The van der Waals surface area contributed by atoms with Crippen LogP contribution in [-0.4, -0.2) is 49.5 Å². The van der Waals surface area contributed by atoms with Crippen molar-refractivity contribution in [2.45, 2.75) is 24.0 Å². The number of halogens is 2. The highest BCUT2D eigenvalue weighted by molar-refractivity contribution is 7.84. The smallest absolute Gasteiger partial charge is 0.333 e. The van der Waals surface area contributed by atoms with E-state index in [-0.39, 0.29) is 6.10 Å². The van der Waals surface area contributed by atoms with E-state index in [9.17, 15) is 18.1 Å². The molecule has 1 aliphatic heterocycles. The molecule has 0 saturated carbocycles. The van der Waals surface area contributed by atoms with Gasteiger partial charge in [-0.25, -0.2) is 4.68 Å². The predicted octanol–water partition coefficient (Wildman–Crippen LogP) is 4.40. The number of aliphatic hydroxyl groups is 1. The van der Waals surface area contributed by atoms with Crippen LogP contribution in [0.5, 0.6) is 0 Å². The van der Waals surface area contributed by atoms with E-state index in [2.05, 4.69) is 15.0 Å². The van der Waals surface area contributed by atoms with E-state index >= 15 is 0 Å². The quantitative estimate of drug-likeness (QED) is 0.467. The molecule has 32 heavy (non-hydrogen) atoms. The van der Waals surface area contributed by atoms with Crippen molar-refractivity contribution in [1.82, 2.24) is 14.8 Å². The summed E-state index contributed by atoms with van der Waals surface area (Å²) in [5.74, 6) is 0. The van der Waals surface area contributed by atoms with Crippen molar-refractivity contribution in [2.24, 2.45) is 0 Å². The first-order chi connectivity index (χ1) is 15.4. The first kappa shape index (κ1) is 20.8. The normalized spacial score (nSPS) is 17.5. The molecule has 0 aliphatic carbocycles. The first-order valence-electron chi connectivity index (χ1n) is 10.3. The number of nitrogens with one attached hydrogen (secondary N) is 1. The van der Waals surface area contributed by atoms with E-state index in [1.54, 1.807) is 6.26 Å². The molecule has 1 fully saturated rings. The van der Waals surface area contributed by atoms with Gasteiger partial charge >= 0.3 is 6.55 Å². The Labute approximate surface area is 185 Å². The second-order valence-corrected chi connectivity index (χ2v) is 9.34. The fraction of sp³-hybridized carbons (Fsp3) is 0.261. The highest BCUT2D eigenvalue weighted by atomic mass is 32.2. The topological polar surface area (TPSA) is 74.2 Å². The lowest BCUT2D eigenvalue weighted by atomic mass is 10.1. The van der Waals surface area contributed by atoms with Crippen molar-refractivity contribution in [3.8, 4) is 22.4 Å². The number of aromatic amines is 1. The van der Waals surface area contributed by atoms with Crippen LogP contribution in [0.2, 0.25) is 0 Å². The third kappa shape index (κ3) is 3.71. The lowest BCUT2D eigenvalue weighted by Crippen LogP contribution is -2.21.